The van der Waals surface area contributed by atoms with E-state index in [-0.39, 0.29) is 35.8 Å². The Morgan fingerprint density at radius 2 is 1.71 bits per heavy atom. The molecule has 55 heavy (non-hydrogen) atoms. The molecule has 3 aromatic carbocycles. The molecule has 282 valence electrons. The fourth-order valence-electron chi connectivity index (χ4n) is 9.46. The second-order valence-corrected chi connectivity index (χ2v) is 16.5. The maximum atomic E-state index is 14.9. The van der Waals surface area contributed by atoms with Gasteiger partial charge in [0.15, 0.2) is 0 Å². The number of halogens is 3. The van der Waals surface area contributed by atoms with E-state index < -0.39 is 6.04 Å². The number of hydrogen-bond donors (Lipinski definition) is 2. The summed E-state index contributed by atoms with van der Waals surface area (Å²) in [5, 5.41) is 5.85. The highest BCUT2D eigenvalue weighted by Gasteiger charge is 2.43. The minimum absolute atomic E-state index is 0.0171. The summed E-state index contributed by atoms with van der Waals surface area (Å²) in [5.74, 6) is -0.0128. The number of carbonyl (C=O) groups is 3. The van der Waals surface area contributed by atoms with Crippen molar-refractivity contribution in [2.75, 3.05) is 32.7 Å². The molecule has 3 unspecified atom stereocenters. The average molecular weight is 796 g/mol. The van der Waals surface area contributed by atoms with E-state index >= 15 is 0 Å². The predicted molar refractivity (Wildman–Crippen MR) is 217 cm³/mol. The van der Waals surface area contributed by atoms with Crippen molar-refractivity contribution in [1.29, 1.82) is 0 Å². The third-order valence-corrected chi connectivity index (χ3v) is 12.8. The summed E-state index contributed by atoms with van der Waals surface area (Å²) in [6.45, 7) is 4.96. The molecule has 0 spiro atoms. The van der Waals surface area contributed by atoms with Gasteiger partial charge < -0.3 is 25.0 Å². The number of nitrogens with zero attached hydrogens (tertiary/aromatic N) is 4. The summed E-state index contributed by atoms with van der Waals surface area (Å²) in [6, 6.07) is 18.9. The first-order chi connectivity index (χ1) is 26.7. The third-order valence-electron chi connectivity index (χ3n) is 12.0. The van der Waals surface area contributed by atoms with Crippen LogP contribution < -0.4 is 5.32 Å². The van der Waals surface area contributed by atoms with Crippen molar-refractivity contribution in [1.82, 2.24) is 29.9 Å². The number of amides is 3. The van der Waals surface area contributed by atoms with Crippen molar-refractivity contribution >= 4 is 74.7 Å². The largest absolute Gasteiger partial charge is 0.350 e. The van der Waals surface area contributed by atoms with Gasteiger partial charge in [-0.15, -0.1) is 5.73 Å². The van der Waals surface area contributed by atoms with Crippen LogP contribution in [0.5, 0.6) is 0 Å². The standard InChI is InChI=1S/C43H41Cl3N6O3/c1-25(53)50-23-35(36(24-50)49-18-14-29(15-19-49)51-16-6-5-11-37(51)54)48-43(55)40-39-38-32(20-28(45)22-34(38)47-40)41(31-13-12-27(44)21-33(31)46)52-17-7-10-30(42(39)52)26-8-3-2-4-9-26/h2-4,8-10,12-13,17,20-22,29,35-36,41,47H,5-6,11,14-16,18-19,23-24H2,1H3,(H,48,55). The summed E-state index contributed by atoms with van der Waals surface area (Å²) in [4.78, 5) is 52.3. The summed E-state index contributed by atoms with van der Waals surface area (Å²) in [6.07, 6.45) is 8.29. The van der Waals surface area contributed by atoms with Gasteiger partial charge in [0.1, 0.15) is 5.69 Å². The first-order valence-electron chi connectivity index (χ1n) is 19.1. The van der Waals surface area contributed by atoms with Crippen molar-refractivity contribution in [2.24, 2.45) is 0 Å². The number of hydrogen-bond acceptors (Lipinski definition) is 5. The minimum Gasteiger partial charge on any atom is -0.350 e. The fraction of sp³-hybridized carbons (Fsp3) is 0.349. The predicted octanol–water partition coefficient (Wildman–Crippen LogP) is 7.89. The van der Waals surface area contributed by atoms with Gasteiger partial charge in [0.2, 0.25) is 11.8 Å². The lowest BCUT2D eigenvalue weighted by atomic mass is 9.84. The fourth-order valence-corrected chi connectivity index (χ4v) is 10.2. The molecule has 9 rings (SSSR count). The number of piperidine rings is 2. The Hall–Kier alpha value is -4.50. The van der Waals surface area contributed by atoms with Gasteiger partial charge in [-0.1, -0.05) is 71.2 Å². The molecule has 1 aromatic heterocycles. The minimum atomic E-state index is -0.397. The third kappa shape index (κ3) is 6.46. The number of carbonyl (C=O) groups excluding carboxylic acids is 3. The molecule has 12 heteroatoms. The molecule has 3 amide bonds. The molecule has 0 aliphatic carbocycles. The molecule has 3 fully saturated rings. The van der Waals surface area contributed by atoms with E-state index in [9.17, 15) is 14.4 Å². The zero-order valence-corrected chi connectivity index (χ0v) is 32.7. The first kappa shape index (κ1) is 36.2. The van der Waals surface area contributed by atoms with Crippen LogP contribution in [-0.4, -0.2) is 93.2 Å². The van der Waals surface area contributed by atoms with Gasteiger partial charge in [-0.3, -0.25) is 19.3 Å². The number of aromatic amines is 1. The number of fused-ring (bicyclic) bond motifs is 2. The normalized spacial score (nSPS) is 22.9. The Morgan fingerprint density at radius 1 is 0.909 bits per heavy atom. The molecule has 0 saturated carbocycles. The topological polar surface area (TPSA) is 92.0 Å². The van der Waals surface area contributed by atoms with E-state index in [0.29, 0.717) is 40.3 Å². The first-order valence-corrected chi connectivity index (χ1v) is 20.2. The molecule has 6 heterocycles. The van der Waals surface area contributed by atoms with E-state index in [4.69, 9.17) is 34.8 Å². The van der Waals surface area contributed by atoms with Crippen molar-refractivity contribution in [3.8, 4) is 0 Å². The number of allylic oxidation sites excluding steroid dienone is 2. The van der Waals surface area contributed by atoms with Gasteiger partial charge >= 0.3 is 0 Å². The van der Waals surface area contributed by atoms with Gasteiger partial charge in [0.25, 0.3) is 5.91 Å². The number of nitrogens with one attached hydrogen (secondary N) is 2. The molecule has 0 bridgehead atoms. The zero-order chi connectivity index (χ0) is 38.0. The van der Waals surface area contributed by atoms with Crippen LogP contribution in [-0.2, 0) is 9.59 Å². The molecule has 5 aliphatic heterocycles. The smallest absolute Gasteiger partial charge is 0.268 e. The lowest BCUT2D eigenvalue weighted by Gasteiger charge is -2.43. The number of H-pyrrole nitrogens is 1. The number of benzene rings is 3. The van der Waals surface area contributed by atoms with E-state index in [0.717, 1.165) is 89.7 Å². The summed E-state index contributed by atoms with van der Waals surface area (Å²) in [5.41, 5.74) is 9.73. The highest BCUT2D eigenvalue weighted by Crippen LogP contribution is 2.52. The molecular weight excluding hydrogens is 755 g/mol. The second kappa shape index (κ2) is 14.5. The van der Waals surface area contributed by atoms with Gasteiger partial charge in [-0.25, -0.2) is 0 Å². The number of likely N-dealkylation sites (tertiary alicyclic amines) is 3. The van der Waals surface area contributed by atoms with Gasteiger partial charge in [0.05, 0.1) is 17.8 Å². The van der Waals surface area contributed by atoms with E-state index in [2.05, 4.69) is 42.9 Å². The molecule has 9 nitrogen and oxygen atoms in total. The average Bonchev–Trinajstić information content (AvgIpc) is 3.78. The highest BCUT2D eigenvalue weighted by atomic mass is 35.5. The van der Waals surface area contributed by atoms with Crippen LogP contribution in [0.15, 0.2) is 78.7 Å². The molecule has 3 saturated heterocycles. The van der Waals surface area contributed by atoms with Crippen LogP contribution in [0.25, 0.3) is 22.2 Å². The van der Waals surface area contributed by atoms with Gasteiger partial charge in [-0.05, 0) is 72.7 Å². The Kier molecular flexibility index (Phi) is 9.56. The zero-order valence-electron chi connectivity index (χ0n) is 30.5. The van der Waals surface area contributed by atoms with Gasteiger partial charge in [0, 0.05) is 101 Å². The van der Waals surface area contributed by atoms with Crippen molar-refractivity contribution < 1.29 is 14.4 Å². The van der Waals surface area contributed by atoms with Crippen molar-refractivity contribution in [2.45, 2.75) is 63.2 Å². The maximum absolute atomic E-state index is 14.9. The lowest BCUT2D eigenvalue weighted by Crippen LogP contribution is -2.56. The SMILES string of the molecule is CC(=O)N1CC(NC(=O)c2[nH]c3cc(Cl)cc4c3c2C2=C(c3ccccc3)C=C=CN2C4c2ccc(Cl)cc2Cl)C(N2CCC(N3CCCCC3=O)CC2)C1. The highest BCUT2D eigenvalue weighted by molar-refractivity contribution is 6.35. The lowest BCUT2D eigenvalue weighted by molar-refractivity contribution is -0.137. The Morgan fingerprint density at radius 3 is 2.45 bits per heavy atom. The number of rotatable bonds is 6. The van der Waals surface area contributed by atoms with Gasteiger partial charge in [-0.2, -0.15) is 0 Å². The molecule has 3 atom stereocenters. The Labute approximate surface area is 335 Å². The van der Waals surface area contributed by atoms with Crippen molar-refractivity contribution in [3.05, 3.63) is 122 Å². The van der Waals surface area contributed by atoms with Crippen LogP contribution >= 0.6 is 34.8 Å². The molecule has 5 aliphatic rings. The Bertz CT molecular complexity index is 2320. The van der Waals surface area contributed by atoms with Crippen LogP contribution in [0.3, 0.4) is 0 Å². The summed E-state index contributed by atoms with van der Waals surface area (Å²) < 4.78 is 0. The molecule has 4 aromatic rings. The summed E-state index contributed by atoms with van der Waals surface area (Å²) in [7, 11) is 0. The van der Waals surface area contributed by atoms with Crippen molar-refractivity contribution in [3.63, 3.8) is 0 Å². The maximum Gasteiger partial charge on any atom is 0.268 e. The molecule has 0 radical (unpaired) electrons. The van der Waals surface area contributed by atoms with E-state index in [1.807, 2.05) is 59.6 Å². The quantitative estimate of drug-likeness (QED) is 0.194. The summed E-state index contributed by atoms with van der Waals surface area (Å²) >= 11 is 20.2. The van der Waals surface area contributed by atoms with Crippen LogP contribution in [0.4, 0.5) is 0 Å². The monoisotopic (exact) mass is 794 g/mol. The van der Waals surface area contributed by atoms with Crippen LogP contribution in [0.1, 0.15) is 77.8 Å². The van der Waals surface area contributed by atoms with Crippen LogP contribution in [0, 0.1) is 0 Å². The Balaban J connectivity index is 1.11. The number of aromatic nitrogens is 1. The second-order valence-electron chi connectivity index (χ2n) is 15.2. The van der Waals surface area contributed by atoms with E-state index in [1.165, 1.54) is 0 Å². The molecular formula is C43H41Cl3N6O3. The molecule has 2 N–H and O–H groups in total. The van der Waals surface area contributed by atoms with E-state index in [1.54, 1.807) is 13.0 Å². The van der Waals surface area contributed by atoms with Crippen LogP contribution in [0.2, 0.25) is 15.1 Å².